The third-order valence-corrected chi connectivity index (χ3v) is 6.25. The first-order valence-electron chi connectivity index (χ1n) is 7.41. The van der Waals surface area contributed by atoms with Gasteiger partial charge in [-0.3, -0.25) is 4.79 Å². The number of carbonyl (C=O) groups excluding carboxylic acids is 1. The van der Waals surface area contributed by atoms with E-state index in [-0.39, 0.29) is 0 Å². The number of likely N-dealkylation sites (tertiary alicyclic amines) is 1. The van der Waals surface area contributed by atoms with Crippen molar-refractivity contribution in [2.24, 2.45) is 29.1 Å². The lowest BCUT2D eigenvalue weighted by Crippen LogP contribution is -2.51. The van der Waals surface area contributed by atoms with E-state index in [1.165, 1.54) is 38.5 Å². The van der Waals surface area contributed by atoms with Crippen LogP contribution in [0.2, 0.25) is 0 Å². The van der Waals surface area contributed by atoms with Crippen molar-refractivity contribution >= 4 is 5.91 Å². The molecule has 4 bridgehead atoms. The molecule has 4 saturated carbocycles. The van der Waals surface area contributed by atoms with Crippen LogP contribution in [0.4, 0.5) is 0 Å². The summed E-state index contributed by atoms with van der Waals surface area (Å²) < 4.78 is 0. The molecule has 1 saturated heterocycles. The Morgan fingerprint density at radius 3 is 2.00 bits per heavy atom. The molecule has 5 fully saturated rings. The SMILES string of the molecule is CN1CCC(C23CC4CC(CC(C4)C2)C3)C1=O. The maximum Gasteiger partial charge on any atom is 0.226 e. The Bertz CT molecular complexity index is 327. The highest BCUT2D eigenvalue weighted by atomic mass is 16.2. The van der Waals surface area contributed by atoms with Crippen LogP contribution in [0, 0.1) is 29.1 Å². The molecule has 94 valence electrons. The number of hydrogen-bond acceptors (Lipinski definition) is 1. The van der Waals surface area contributed by atoms with Gasteiger partial charge in [-0.25, -0.2) is 0 Å². The van der Waals surface area contributed by atoms with E-state index in [1.54, 1.807) is 0 Å². The highest BCUT2D eigenvalue weighted by Gasteiger charge is 2.57. The number of amides is 1. The molecular formula is C15H23NO. The molecule has 0 aromatic rings. The molecule has 0 N–H and O–H groups in total. The van der Waals surface area contributed by atoms with E-state index in [2.05, 4.69) is 0 Å². The first-order chi connectivity index (χ1) is 8.16. The van der Waals surface area contributed by atoms with Gasteiger partial charge in [0.15, 0.2) is 0 Å². The summed E-state index contributed by atoms with van der Waals surface area (Å²) in [5, 5.41) is 0. The quantitative estimate of drug-likeness (QED) is 0.682. The van der Waals surface area contributed by atoms with Crippen molar-refractivity contribution in [2.75, 3.05) is 13.6 Å². The van der Waals surface area contributed by atoms with Crippen LogP contribution in [-0.2, 0) is 4.79 Å². The number of carbonyl (C=O) groups is 1. The minimum atomic E-state index is 0.390. The predicted molar refractivity (Wildman–Crippen MR) is 66.3 cm³/mol. The summed E-state index contributed by atoms with van der Waals surface area (Å²) in [4.78, 5) is 14.3. The molecule has 0 aromatic heterocycles. The van der Waals surface area contributed by atoms with E-state index in [0.29, 0.717) is 17.2 Å². The van der Waals surface area contributed by atoms with Crippen LogP contribution in [0.5, 0.6) is 0 Å². The number of hydrogen-bond donors (Lipinski definition) is 0. The average Bonchev–Trinajstić information content (AvgIpc) is 2.58. The molecule has 1 heterocycles. The smallest absolute Gasteiger partial charge is 0.226 e. The number of nitrogens with zero attached hydrogens (tertiary/aromatic N) is 1. The molecule has 5 aliphatic rings. The molecule has 17 heavy (non-hydrogen) atoms. The van der Waals surface area contributed by atoms with Crippen LogP contribution in [0.1, 0.15) is 44.9 Å². The van der Waals surface area contributed by atoms with Crippen molar-refractivity contribution in [3.8, 4) is 0 Å². The average molecular weight is 233 g/mol. The molecule has 0 aromatic carbocycles. The molecule has 1 aliphatic heterocycles. The molecule has 2 nitrogen and oxygen atoms in total. The van der Waals surface area contributed by atoms with Crippen molar-refractivity contribution in [2.45, 2.75) is 44.9 Å². The van der Waals surface area contributed by atoms with Crippen molar-refractivity contribution in [1.29, 1.82) is 0 Å². The summed E-state index contributed by atoms with van der Waals surface area (Å²) in [6, 6.07) is 0. The van der Waals surface area contributed by atoms with Crippen LogP contribution in [0.3, 0.4) is 0 Å². The normalized spacial score (nSPS) is 52.5. The van der Waals surface area contributed by atoms with Gasteiger partial charge in [-0.05, 0) is 68.1 Å². The van der Waals surface area contributed by atoms with Gasteiger partial charge in [-0.1, -0.05) is 0 Å². The van der Waals surface area contributed by atoms with Crippen LogP contribution >= 0.6 is 0 Å². The van der Waals surface area contributed by atoms with Gasteiger partial charge in [-0.15, -0.1) is 0 Å². The van der Waals surface area contributed by atoms with E-state index in [0.717, 1.165) is 30.7 Å². The van der Waals surface area contributed by atoms with Crippen molar-refractivity contribution in [3.05, 3.63) is 0 Å². The van der Waals surface area contributed by atoms with Gasteiger partial charge in [0, 0.05) is 19.5 Å². The van der Waals surface area contributed by atoms with Gasteiger partial charge in [0.25, 0.3) is 0 Å². The highest BCUT2D eigenvalue weighted by molar-refractivity contribution is 5.81. The second-order valence-electron chi connectivity index (χ2n) is 7.38. The van der Waals surface area contributed by atoms with Gasteiger partial charge in [0.2, 0.25) is 5.91 Å². The fourth-order valence-electron chi connectivity index (χ4n) is 5.99. The van der Waals surface area contributed by atoms with E-state index in [1.807, 2.05) is 11.9 Å². The molecule has 5 rings (SSSR count). The topological polar surface area (TPSA) is 20.3 Å². The minimum absolute atomic E-state index is 0.390. The lowest BCUT2D eigenvalue weighted by molar-refractivity contribution is -0.143. The van der Waals surface area contributed by atoms with Crippen molar-refractivity contribution in [3.63, 3.8) is 0 Å². The van der Waals surface area contributed by atoms with Gasteiger partial charge >= 0.3 is 0 Å². The largest absolute Gasteiger partial charge is 0.345 e. The van der Waals surface area contributed by atoms with E-state index in [9.17, 15) is 4.79 Å². The Morgan fingerprint density at radius 2 is 1.59 bits per heavy atom. The minimum Gasteiger partial charge on any atom is -0.345 e. The standard InChI is InChI=1S/C15H23NO/c1-16-3-2-13(14(16)17)15-7-10-4-11(8-15)6-12(5-10)9-15/h10-13H,2-9H2,1H3. The van der Waals surface area contributed by atoms with Gasteiger partial charge in [0.05, 0.1) is 0 Å². The zero-order valence-electron chi connectivity index (χ0n) is 10.8. The van der Waals surface area contributed by atoms with Gasteiger partial charge in [-0.2, -0.15) is 0 Å². The second-order valence-corrected chi connectivity index (χ2v) is 7.38. The first kappa shape index (κ1) is 10.4. The molecule has 1 unspecified atom stereocenters. The van der Waals surface area contributed by atoms with E-state index in [4.69, 9.17) is 0 Å². The summed E-state index contributed by atoms with van der Waals surface area (Å²) in [6.07, 6.45) is 9.72. The molecule has 2 heteroatoms. The molecule has 0 spiro atoms. The molecular weight excluding hydrogens is 210 g/mol. The van der Waals surface area contributed by atoms with Crippen LogP contribution in [-0.4, -0.2) is 24.4 Å². The Balaban J connectivity index is 1.66. The zero-order valence-corrected chi connectivity index (χ0v) is 10.8. The fourth-order valence-corrected chi connectivity index (χ4v) is 5.99. The first-order valence-corrected chi connectivity index (χ1v) is 7.41. The van der Waals surface area contributed by atoms with Crippen LogP contribution in [0.25, 0.3) is 0 Å². The van der Waals surface area contributed by atoms with Crippen LogP contribution in [0.15, 0.2) is 0 Å². The van der Waals surface area contributed by atoms with Gasteiger partial charge < -0.3 is 4.90 Å². The highest BCUT2D eigenvalue weighted by Crippen LogP contribution is 2.63. The maximum absolute atomic E-state index is 12.3. The van der Waals surface area contributed by atoms with Crippen molar-refractivity contribution in [1.82, 2.24) is 4.90 Å². The van der Waals surface area contributed by atoms with Gasteiger partial charge in [0.1, 0.15) is 0 Å². The Labute approximate surface area is 104 Å². The summed E-state index contributed by atoms with van der Waals surface area (Å²) in [7, 11) is 1.99. The molecule has 1 amide bonds. The van der Waals surface area contributed by atoms with E-state index < -0.39 is 0 Å². The molecule has 0 radical (unpaired) electrons. The third kappa shape index (κ3) is 1.36. The third-order valence-electron chi connectivity index (χ3n) is 6.25. The second kappa shape index (κ2) is 3.27. The van der Waals surface area contributed by atoms with Crippen molar-refractivity contribution < 1.29 is 4.79 Å². The predicted octanol–water partition coefficient (Wildman–Crippen LogP) is 2.68. The summed E-state index contributed by atoms with van der Waals surface area (Å²) >= 11 is 0. The molecule has 1 atom stereocenters. The molecule has 4 aliphatic carbocycles. The Hall–Kier alpha value is -0.530. The Kier molecular flexibility index (Phi) is 2.00. The van der Waals surface area contributed by atoms with Crippen LogP contribution < -0.4 is 0 Å². The lowest BCUT2D eigenvalue weighted by Gasteiger charge is -2.58. The fraction of sp³-hybridized carbons (Fsp3) is 0.933. The monoisotopic (exact) mass is 233 g/mol. The zero-order chi connectivity index (χ0) is 11.6. The summed E-state index contributed by atoms with van der Waals surface area (Å²) in [5.41, 5.74) is 0.441. The number of rotatable bonds is 1. The Morgan fingerprint density at radius 1 is 1.06 bits per heavy atom. The summed E-state index contributed by atoms with van der Waals surface area (Å²) in [6.45, 7) is 1.01. The van der Waals surface area contributed by atoms with E-state index >= 15 is 0 Å². The summed E-state index contributed by atoms with van der Waals surface area (Å²) in [5.74, 6) is 3.77. The maximum atomic E-state index is 12.3. The lowest BCUT2D eigenvalue weighted by atomic mass is 9.46.